The first-order valence-corrected chi connectivity index (χ1v) is 5.82. The van der Waals surface area contributed by atoms with Crippen molar-refractivity contribution in [2.75, 3.05) is 6.54 Å². The molecule has 0 fully saturated rings. The van der Waals surface area contributed by atoms with Crippen molar-refractivity contribution in [3.63, 3.8) is 0 Å². The molecule has 0 aliphatic heterocycles. The number of carbonyl (C=O) groups excluding carboxylic acids is 1. The van der Waals surface area contributed by atoms with E-state index in [0.29, 0.717) is 10.6 Å². The maximum atomic E-state index is 11.6. The third kappa shape index (κ3) is 3.30. The molecule has 0 aliphatic carbocycles. The molecular formula is C10H14N2O3S. The summed E-state index contributed by atoms with van der Waals surface area (Å²) in [6, 6.07) is 0. The Kier molecular flexibility index (Phi) is 4.42. The van der Waals surface area contributed by atoms with E-state index in [-0.39, 0.29) is 18.9 Å². The number of nitrogens with one attached hydrogen (secondary N) is 1. The first-order valence-electron chi connectivity index (χ1n) is 5.01. The Balaban J connectivity index is 2.58. The maximum Gasteiger partial charge on any atom is 0.305 e. The molecule has 0 radical (unpaired) electrons. The maximum absolute atomic E-state index is 11.6. The summed E-state index contributed by atoms with van der Waals surface area (Å²) in [5, 5.41) is 11.9. The fourth-order valence-electron chi connectivity index (χ4n) is 1.18. The lowest BCUT2D eigenvalue weighted by Gasteiger charge is -2.00. The van der Waals surface area contributed by atoms with Gasteiger partial charge < -0.3 is 10.4 Å². The quantitative estimate of drug-likeness (QED) is 0.813. The molecule has 6 heteroatoms. The van der Waals surface area contributed by atoms with E-state index in [1.54, 1.807) is 6.92 Å². The van der Waals surface area contributed by atoms with Gasteiger partial charge in [0.05, 0.1) is 17.1 Å². The summed E-state index contributed by atoms with van der Waals surface area (Å²) in [4.78, 5) is 26.7. The van der Waals surface area contributed by atoms with Crippen LogP contribution in [-0.4, -0.2) is 28.5 Å². The fraction of sp³-hybridized carbons (Fsp3) is 0.500. The van der Waals surface area contributed by atoms with Crippen molar-refractivity contribution in [2.45, 2.75) is 26.7 Å². The fourth-order valence-corrected chi connectivity index (χ4v) is 2.10. The molecule has 16 heavy (non-hydrogen) atoms. The van der Waals surface area contributed by atoms with Gasteiger partial charge in [-0.05, 0) is 13.3 Å². The number of aliphatic carboxylic acids is 1. The predicted molar refractivity (Wildman–Crippen MR) is 60.8 cm³/mol. The molecule has 1 amide bonds. The van der Waals surface area contributed by atoms with Gasteiger partial charge in [0, 0.05) is 6.54 Å². The van der Waals surface area contributed by atoms with E-state index in [9.17, 15) is 9.59 Å². The Morgan fingerprint density at radius 1 is 1.50 bits per heavy atom. The van der Waals surface area contributed by atoms with Crippen molar-refractivity contribution >= 4 is 23.2 Å². The third-order valence-electron chi connectivity index (χ3n) is 1.97. The molecule has 0 bridgehead atoms. The second kappa shape index (κ2) is 5.60. The molecule has 88 valence electrons. The number of carboxylic acids is 1. The molecule has 0 spiro atoms. The zero-order valence-corrected chi connectivity index (χ0v) is 10.1. The summed E-state index contributed by atoms with van der Waals surface area (Å²) < 4.78 is 0. The highest BCUT2D eigenvalue weighted by atomic mass is 32.1. The topological polar surface area (TPSA) is 79.3 Å². The van der Waals surface area contributed by atoms with Crippen molar-refractivity contribution in [2.24, 2.45) is 0 Å². The molecule has 1 heterocycles. The Morgan fingerprint density at radius 2 is 2.19 bits per heavy atom. The molecule has 1 rings (SSSR count). The molecule has 0 atom stereocenters. The second-order valence-corrected chi connectivity index (χ2v) is 4.36. The molecule has 1 aromatic rings. The van der Waals surface area contributed by atoms with Gasteiger partial charge in [0.25, 0.3) is 5.91 Å². The summed E-state index contributed by atoms with van der Waals surface area (Å²) in [5.74, 6) is -1.16. The molecule has 0 unspecified atom stereocenters. The average molecular weight is 242 g/mol. The zero-order valence-electron chi connectivity index (χ0n) is 9.24. The van der Waals surface area contributed by atoms with E-state index < -0.39 is 5.97 Å². The minimum Gasteiger partial charge on any atom is -0.481 e. The van der Waals surface area contributed by atoms with Crippen molar-refractivity contribution in [3.8, 4) is 0 Å². The Hall–Kier alpha value is -1.43. The molecule has 0 saturated heterocycles. The van der Waals surface area contributed by atoms with Crippen LogP contribution >= 0.6 is 11.3 Å². The molecule has 0 aromatic carbocycles. The van der Waals surface area contributed by atoms with Gasteiger partial charge in [-0.3, -0.25) is 9.59 Å². The Morgan fingerprint density at radius 3 is 2.69 bits per heavy atom. The van der Waals surface area contributed by atoms with Crippen molar-refractivity contribution < 1.29 is 14.7 Å². The van der Waals surface area contributed by atoms with Crippen LogP contribution in [0.3, 0.4) is 0 Å². The zero-order chi connectivity index (χ0) is 12.1. The van der Waals surface area contributed by atoms with Gasteiger partial charge in [-0.2, -0.15) is 0 Å². The Labute approximate surface area is 97.5 Å². The highest BCUT2D eigenvalue weighted by molar-refractivity contribution is 7.13. The van der Waals surface area contributed by atoms with Crippen molar-refractivity contribution in [3.05, 3.63) is 15.6 Å². The predicted octanol–water partition coefficient (Wildman–Crippen LogP) is 1.22. The molecule has 0 saturated carbocycles. The van der Waals surface area contributed by atoms with Crippen LogP contribution in [0.4, 0.5) is 0 Å². The standard InChI is InChI=1S/C10H14N2O3S/c1-3-7-12-6(2)9(16-7)10(15)11-5-4-8(13)14/h3-5H2,1-2H3,(H,11,15)(H,13,14). The number of aryl methyl sites for hydroxylation is 2. The van der Waals surface area contributed by atoms with E-state index in [1.807, 2.05) is 6.92 Å². The smallest absolute Gasteiger partial charge is 0.305 e. The van der Waals surface area contributed by atoms with Crippen LogP contribution < -0.4 is 5.32 Å². The minimum atomic E-state index is -0.921. The van der Waals surface area contributed by atoms with Gasteiger partial charge >= 0.3 is 5.97 Å². The summed E-state index contributed by atoms with van der Waals surface area (Å²) in [6.07, 6.45) is 0.734. The largest absolute Gasteiger partial charge is 0.481 e. The highest BCUT2D eigenvalue weighted by Gasteiger charge is 2.14. The lowest BCUT2D eigenvalue weighted by atomic mass is 10.3. The number of carboxylic acid groups (broad SMARTS) is 1. The average Bonchev–Trinajstić information content (AvgIpc) is 2.59. The first-order chi connectivity index (χ1) is 7.54. The third-order valence-corrected chi connectivity index (χ3v) is 3.27. The SMILES string of the molecule is CCc1nc(C)c(C(=O)NCCC(=O)O)s1. The normalized spacial score (nSPS) is 10.1. The molecular weight excluding hydrogens is 228 g/mol. The molecule has 2 N–H and O–H groups in total. The van der Waals surface area contributed by atoms with Crippen LogP contribution in [0, 0.1) is 6.92 Å². The van der Waals surface area contributed by atoms with Gasteiger partial charge in [-0.15, -0.1) is 11.3 Å². The number of hydrogen-bond donors (Lipinski definition) is 2. The molecule has 5 nitrogen and oxygen atoms in total. The van der Waals surface area contributed by atoms with Crippen LogP contribution in [0.25, 0.3) is 0 Å². The highest BCUT2D eigenvalue weighted by Crippen LogP contribution is 2.18. The first kappa shape index (κ1) is 12.6. The van der Waals surface area contributed by atoms with Crippen LogP contribution in [0.15, 0.2) is 0 Å². The van der Waals surface area contributed by atoms with E-state index in [1.165, 1.54) is 11.3 Å². The van der Waals surface area contributed by atoms with Crippen LogP contribution in [0.1, 0.15) is 33.7 Å². The van der Waals surface area contributed by atoms with E-state index in [2.05, 4.69) is 10.3 Å². The lowest BCUT2D eigenvalue weighted by Crippen LogP contribution is -2.25. The minimum absolute atomic E-state index is 0.0653. The monoisotopic (exact) mass is 242 g/mol. The van der Waals surface area contributed by atoms with E-state index in [4.69, 9.17) is 5.11 Å². The summed E-state index contributed by atoms with van der Waals surface area (Å²) in [5.41, 5.74) is 0.703. The second-order valence-electron chi connectivity index (χ2n) is 3.28. The summed E-state index contributed by atoms with van der Waals surface area (Å²) >= 11 is 1.36. The van der Waals surface area contributed by atoms with Crippen molar-refractivity contribution in [1.82, 2.24) is 10.3 Å². The van der Waals surface area contributed by atoms with Gasteiger partial charge in [-0.1, -0.05) is 6.92 Å². The lowest BCUT2D eigenvalue weighted by molar-refractivity contribution is -0.136. The van der Waals surface area contributed by atoms with Crippen LogP contribution in [-0.2, 0) is 11.2 Å². The Bertz CT molecular complexity index is 401. The molecule has 1 aromatic heterocycles. The van der Waals surface area contributed by atoms with Gasteiger partial charge in [-0.25, -0.2) is 4.98 Å². The van der Waals surface area contributed by atoms with Gasteiger partial charge in [0.15, 0.2) is 0 Å². The number of hydrogen-bond acceptors (Lipinski definition) is 4. The van der Waals surface area contributed by atoms with E-state index in [0.717, 1.165) is 11.4 Å². The summed E-state index contributed by atoms with van der Waals surface area (Å²) in [7, 11) is 0. The number of rotatable bonds is 5. The van der Waals surface area contributed by atoms with Gasteiger partial charge in [0.2, 0.25) is 0 Å². The van der Waals surface area contributed by atoms with E-state index >= 15 is 0 Å². The number of aromatic nitrogens is 1. The number of thiazole rings is 1. The number of amides is 1. The molecule has 0 aliphatic rings. The number of carbonyl (C=O) groups is 2. The van der Waals surface area contributed by atoms with Crippen LogP contribution in [0.2, 0.25) is 0 Å². The van der Waals surface area contributed by atoms with Crippen LogP contribution in [0.5, 0.6) is 0 Å². The van der Waals surface area contributed by atoms with Gasteiger partial charge in [0.1, 0.15) is 4.88 Å². The summed E-state index contributed by atoms with van der Waals surface area (Å²) in [6.45, 7) is 3.90. The van der Waals surface area contributed by atoms with Crippen molar-refractivity contribution in [1.29, 1.82) is 0 Å². The number of nitrogens with zero attached hydrogens (tertiary/aromatic N) is 1.